The third-order valence-electron chi connectivity index (χ3n) is 4.76. The van der Waals surface area contributed by atoms with Gasteiger partial charge in [0.25, 0.3) is 0 Å². The van der Waals surface area contributed by atoms with Crippen molar-refractivity contribution in [1.82, 2.24) is 0 Å². The van der Waals surface area contributed by atoms with Gasteiger partial charge in [-0.15, -0.1) is 0 Å². The van der Waals surface area contributed by atoms with Crippen molar-refractivity contribution in [3.63, 3.8) is 0 Å². The summed E-state index contributed by atoms with van der Waals surface area (Å²) in [6.07, 6.45) is 0.997. The summed E-state index contributed by atoms with van der Waals surface area (Å²) in [5.74, 6) is 0.177. The van der Waals surface area contributed by atoms with Crippen molar-refractivity contribution in [2.45, 2.75) is 52.7 Å². The fraction of sp³-hybridized carbons (Fsp3) is 0.308. The van der Waals surface area contributed by atoms with E-state index in [0.717, 1.165) is 6.42 Å². The van der Waals surface area contributed by atoms with Gasteiger partial charge >= 0.3 is 0 Å². The Kier molecular flexibility index (Phi) is 11.5. The van der Waals surface area contributed by atoms with E-state index in [0.29, 0.717) is 0 Å². The number of rotatable bonds is 7. The highest BCUT2D eigenvalue weighted by Crippen LogP contribution is 2.61. The molecule has 0 heterocycles. The normalized spacial score (nSPS) is 12.2. The van der Waals surface area contributed by atoms with Crippen LogP contribution in [-0.2, 0) is 4.43 Å². The van der Waals surface area contributed by atoms with Crippen LogP contribution in [0.5, 0.6) is 0 Å². The van der Waals surface area contributed by atoms with E-state index < -0.39 is 15.6 Å². The molecule has 30 heavy (non-hydrogen) atoms. The van der Waals surface area contributed by atoms with Gasteiger partial charge in [-0.3, -0.25) is 0 Å². The maximum absolute atomic E-state index is 6.90. The molecule has 0 aliphatic rings. The molecular formula is C26H36IOPSi. The zero-order valence-electron chi connectivity index (χ0n) is 19.2. The van der Waals surface area contributed by atoms with Crippen molar-refractivity contribution < 1.29 is 28.4 Å². The van der Waals surface area contributed by atoms with Gasteiger partial charge in [0.1, 0.15) is 23.2 Å². The molecule has 3 aromatic rings. The van der Waals surface area contributed by atoms with Crippen molar-refractivity contribution in [2.75, 3.05) is 0 Å². The quantitative estimate of drug-likeness (QED) is 0.248. The van der Waals surface area contributed by atoms with Gasteiger partial charge in [-0.2, -0.15) is 0 Å². The third kappa shape index (κ3) is 6.26. The molecule has 0 fully saturated rings. The van der Waals surface area contributed by atoms with Crippen molar-refractivity contribution in [2.24, 2.45) is 0 Å². The van der Waals surface area contributed by atoms with Gasteiger partial charge in [-0.1, -0.05) is 75.4 Å². The van der Waals surface area contributed by atoms with E-state index >= 15 is 0 Å². The molecule has 1 atom stereocenters. The van der Waals surface area contributed by atoms with Crippen molar-refractivity contribution in [1.29, 1.82) is 0 Å². The SMILES string of the molecule is CC.CCC(O[Si](C)(C)C)[P+](c1ccccc1)(c1ccccc1)c1ccccc1.[I-]. The molecule has 1 unspecified atom stereocenters. The fourth-order valence-electron chi connectivity index (χ4n) is 3.78. The van der Waals surface area contributed by atoms with Crippen molar-refractivity contribution in [3.05, 3.63) is 91.0 Å². The minimum atomic E-state index is -1.95. The molecule has 0 aliphatic heterocycles. The number of hydrogen-bond donors (Lipinski definition) is 0. The van der Waals surface area contributed by atoms with Crippen molar-refractivity contribution in [3.8, 4) is 0 Å². The highest BCUT2D eigenvalue weighted by Gasteiger charge is 2.53. The van der Waals surface area contributed by atoms with E-state index in [4.69, 9.17) is 4.43 Å². The van der Waals surface area contributed by atoms with Crippen LogP contribution in [0.1, 0.15) is 27.2 Å². The maximum atomic E-state index is 6.90. The molecular weight excluding hydrogens is 514 g/mol. The summed E-state index contributed by atoms with van der Waals surface area (Å²) in [6, 6.07) is 33.1. The van der Waals surface area contributed by atoms with E-state index in [1.807, 2.05) is 13.8 Å². The molecule has 4 heteroatoms. The standard InChI is InChI=1S/C24H30OPSi.C2H6.HI/c1-5-24(25-27(2,3)4)26(21-15-9-6-10-16-21,22-17-11-7-12-18-22)23-19-13-8-14-20-23;1-2;/h6-20,24H,5H2,1-4H3;1-2H3;1H/q+1;;/p-1. The smallest absolute Gasteiger partial charge is 0.188 e. The predicted octanol–water partition coefficient (Wildman–Crippen LogP) is 3.60. The van der Waals surface area contributed by atoms with E-state index in [2.05, 4.69) is 118 Å². The summed E-state index contributed by atoms with van der Waals surface area (Å²) in [4.78, 5) is 0. The Morgan fingerprint density at radius 3 is 1.20 bits per heavy atom. The zero-order chi connectivity index (χ0) is 21.3. The summed E-state index contributed by atoms with van der Waals surface area (Å²) in [5.41, 5.74) is 0. The summed E-state index contributed by atoms with van der Waals surface area (Å²) >= 11 is 0. The molecule has 1 nitrogen and oxygen atoms in total. The van der Waals surface area contributed by atoms with Gasteiger partial charge in [0.05, 0.1) is 0 Å². The van der Waals surface area contributed by atoms with Crippen LogP contribution in [0.2, 0.25) is 19.6 Å². The van der Waals surface area contributed by atoms with E-state index in [9.17, 15) is 0 Å². The second kappa shape index (κ2) is 12.8. The lowest BCUT2D eigenvalue weighted by Gasteiger charge is -2.37. The molecule has 0 saturated heterocycles. The summed E-state index contributed by atoms with van der Waals surface area (Å²) in [6.45, 7) is 13.2. The molecule has 0 aromatic heterocycles. The van der Waals surface area contributed by atoms with Gasteiger partial charge in [0.2, 0.25) is 0 Å². The van der Waals surface area contributed by atoms with Crippen LogP contribution >= 0.6 is 7.26 Å². The second-order valence-electron chi connectivity index (χ2n) is 7.82. The van der Waals surface area contributed by atoms with E-state index in [-0.39, 0.29) is 29.8 Å². The average Bonchev–Trinajstić information content (AvgIpc) is 2.76. The maximum Gasteiger partial charge on any atom is 0.188 e. The Hall–Kier alpha value is -1.00. The van der Waals surface area contributed by atoms with Crippen LogP contribution in [-0.4, -0.2) is 14.2 Å². The highest BCUT2D eigenvalue weighted by atomic mass is 127. The van der Waals surface area contributed by atoms with E-state index in [1.165, 1.54) is 15.9 Å². The molecule has 0 amide bonds. The molecule has 0 radical (unpaired) electrons. The zero-order valence-corrected chi connectivity index (χ0v) is 23.2. The first kappa shape index (κ1) is 27.0. The molecule has 162 valence electrons. The monoisotopic (exact) mass is 550 g/mol. The number of hydrogen-bond acceptors (Lipinski definition) is 1. The highest BCUT2D eigenvalue weighted by molar-refractivity contribution is 7.96. The largest absolute Gasteiger partial charge is 1.00 e. The Labute approximate surface area is 202 Å². The van der Waals surface area contributed by atoms with Crippen LogP contribution < -0.4 is 39.9 Å². The van der Waals surface area contributed by atoms with Gasteiger partial charge < -0.3 is 28.4 Å². The van der Waals surface area contributed by atoms with Gasteiger partial charge in [0.15, 0.2) is 14.2 Å². The Balaban J connectivity index is 0.00000146. The first-order valence-electron chi connectivity index (χ1n) is 10.7. The van der Waals surface area contributed by atoms with E-state index in [1.54, 1.807) is 0 Å². The Morgan fingerprint density at radius 2 is 0.967 bits per heavy atom. The van der Waals surface area contributed by atoms with Gasteiger partial charge in [-0.25, -0.2) is 0 Å². The Bertz CT molecular complexity index is 739. The summed E-state index contributed by atoms with van der Waals surface area (Å²) in [5, 5.41) is 4.19. The van der Waals surface area contributed by atoms with Crippen LogP contribution in [0.4, 0.5) is 0 Å². The first-order chi connectivity index (χ1) is 14.0. The minimum absolute atomic E-state index is 0. The van der Waals surface area contributed by atoms with Crippen molar-refractivity contribution >= 4 is 31.5 Å². The lowest BCUT2D eigenvalue weighted by atomic mass is 10.3. The molecule has 0 bridgehead atoms. The topological polar surface area (TPSA) is 9.23 Å². The lowest BCUT2D eigenvalue weighted by molar-refractivity contribution is -0.00000732. The molecule has 0 saturated carbocycles. The molecule has 3 aromatic carbocycles. The van der Waals surface area contributed by atoms with Crippen LogP contribution in [0.3, 0.4) is 0 Å². The Morgan fingerprint density at radius 1 is 0.667 bits per heavy atom. The van der Waals surface area contributed by atoms with Crippen LogP contribution in [0, 0.1) is 0 Å². The fourth-order valence-corrected chi connectivity index (χ4v) is 10.7. The molecule has 0 spiro atoms. The minimum Gasteiger partial charge on any atom is -1.00 e. The van der Waals surface area contributed by atoms with Gasteiger partial charge in [-0.05, 0) is 56.0 Å². The molecule has 0 aliphatic carbocycles. The van der Waals surface area contributed by atoms with Crippen LogP contribution in [0.15, 0.2) is 91.0 Å². The second-order valence-corrected chi connectivity index (χ2v) is 15.9. The summed E-state index contributed by atoms with van der Waals surface area (Å²) in [7, 11) is -3.67. The van der Waals surface area contributed by atoms with Crippen LogP contribution in [0.25, 0.3) is 0 Å². The predicted molar refractivity (Wildman–Crippen MR) is 135 cm³/mol. The third-order valence-corrected chi connectivity index (χ3v) is 10.6. The number of halogens is 1. The first-order valence-corrected chi connectivity index (χ1v) is 16.0. The lowest BCUT2D eigenvalue weighted by Crippen LogP contribution is -3.00. The molecule has 0 N–H and O–H groups in total. The average molecular weight is 551 g/mol. The van der Waals surface area contributed by atoms with Gasteiger partial charge in [0, 0.05) is 6.42 Å². The number of benzene rings is 3. The molecule has 3 rings (SSSR count). The summed E-state index contributed by atoms with van der Waals surface area (Å²) < 4.78 is 6.90.